The number of hydrogen-bond acceptors (Lipinski definition) is 6. The molecule has 3 amide bonds. The Kier molecular flexibility index (Phi) is 7.37. The van der Waals surface area contributed by atoms with Crippen LogP contribution in [0.5, 0.6) is 17.2 Å². The number of carbonyl (C=O) groups is 3. The first-order valence-electron chi connectivity index (χ1n) is 12.6. The molecule has 0 unspecified atom stereocenters. The van der Waals surface area contributed by atoms with E-state index in [1.807, 2.05) is 12.1 Å². The first kappa shape index (κ1) is 26.7. The van der Waals surface area contributed by atoms with Crippen molar-refractivity contribution in [1.29, 1.82) is 0 Å². The lowest BCUT2D eigenvalue weighted by Crippen LogP contribution is -2.42. The standard InChI is InChI=1S/C31H27FN2O6/c1-38-25-16-20(17-26(39-2)28(25)40-3)29(35)33(22-11-6-10-21(32)18-22)14-7-15-34-30(36)23-12-4-8-19-9-5-13-24(27(19)23)31(34)37/h4-6,8-13,16-18H,7,14-15H2,1-3H3. The molecule has 0 saturated carbocycles. The molecule has 0 aliphatic carbocycles. The van der Waals surface area contributed by atoms with E-state index in [-0.39, 0.29) is 36.9 Å². The fourth-order valence-electron chi connectivity index (χ4n) is 5.02. The van der Waals surface area contributed by atoms with Crippen LogP contribution in [0.4, 0.5) is 10.1 Å². The fourth-order valence-corrected chi connectivity index (χ4v) is 5.02. The van der Waals surface area contributed by atoms with Crippen LogP contribution in [-0.2, 0) is 0 Å². The molecule has 0 spiro atoms. The van der Waals surface area contributed by atoms with Gasteiger partial charge in [0.1, 0.15) is 5.82 Å². The van der Waals surface area contributed by atoms with E-state index in [0.29, 0.717) is 39.4 Å². The zero-order valence-electron chi connectivity index (χ0n) is 22.3. The molecule has 0 radical (unpaired) electrons. The van der Waals surface area contributed by atoms with Crippen molar-refractivity contribution in [3.8, 4) is 17.2 Å². The van der Waals surface area contributed by atoms with Crippen LogP contribution in [0.15, 0.2) is 72.8 Å². The Labute approximate surface area is 230 Å². The smallest absolute Gasteiger partial charge is 0.261 e. The lowest BCUT2D eigenvalue weighted by molar-refractivity contribution is 0.0610. The number of amides is 3. The van der Waals surface area contributed by atoms with Gasteiger partial charge in [-0.3, -0.25) is 19.3 Å². The molecule has 0 aromatic heterocycles. The lowest BCUT2D eigenvalue weighted by Gasteiger charge is -2.29. The SMILES string of the molecule is COc1cc(C(=O)N(CCCN2C(=O)c3cccc4cccc(c34)C2=O)c2cccc(F)c2)cc(OC)c1OC. The second-order valence-electron chi connectivity index (χ2n) is 9.18. The molecule has 0 N–H and O–H groups in total. The summed E-state index contributed by atoms with van der Waals surface area (Å²) >= 11 is 0. The minimum atomic E-state index is -0.508. The quantitative estimate of drug-likeness (QED) is 0.266. The molecule has 5 rings (SSSR count). The summed E-state index contributed by atoms with van der Waals surface area (Å²) in [6.07, 6.45) is 0.252. The van der Waals surface area contributed by atoms with Gasteiger partial charge in [0.15, 0.2) is 11.5 Å². The van der Waals surface area contributed by atoms with Crippen LogP contribution in [0.1, 0.15) is 37.5 Å². The molecule has 0 bridgehead atoms. The van der Waals surface area contributed by atoms with E-state index in [1.54, 1.807) is 30.3 Å². The highest BCUT2D eigenvalue weighted by Gasteiger charge is 2.32. The third-order valence-corrected chi connectivity index (χ3v) is 6.90. The van der Waals surface area contributed by atoms with Gasteiger partial charge in [0.2, 0.25) is 5.75 Å². The predicted molar refractivity (Wildman–Crippen MR) is 148 cm³/mol. The van der Waals surface area contributed by atoms with Gasteiger partial charge < -0.3 is 19.1 Å². The number of anilines is 1. The molecule has 4 aromatic carbocycles. The van der Waals surface area contributed by atoms with Gasteiger partial charge in [-0.2, -0.15) is 0 Å². The molecular formula is C31H27FN2O6. The number of imide groups is 1. The van der Waals surface area contributed by atoms with Crippen LogP contribution in [0, 0.1) is 5.82 Å². The summed E-state index contributed by atoms with van der Waals surface area (Å²) in [6, 6.07) is 19.4. The van der Waals surface area contributed by atoms with Gasteiger partial charge in [0, 0.05) is 40.9 Å². The zero-order valence-corrected chi connectivity index (χ0v) is 22.3. The second kappa shape index (κ2) is 11.1. The normalized spacial score (nSPS) is 12.4. The lowest BCUT2D eigenvalue weighted by atomic mass is 9.94. The Morgan fingerprint density at radius 2 is 1.43 bits per heavy atom. The first-order valence-corrected chi connectivity index (χ1v) is 12.6. The van der Waals surface area contributed by atoms with Crippen LogP contribution in [0.25, 0.3) is 10.8 Å². The van der Waals surface area contributed by atoms with Crippen molar-refractivity contribution in [3.05, 3.63) is 95.3 Å². The van der Waals surface area contributed by atoms with Crippen molar-refractivity contribution in [1.82, 2.24) is 4.90 Å². The minimum Gasteiger partial charge on any atom is -0.493 e. The van der Waals surface area contributed by atoms with Crippen molar-refractivity contribution >= 4 is 34.2 Å². The third-order valence-electron chi connectivity index (χ3n) is 6.90. The van der Waals surface area contributed by atoms with Crippen LogP contribution in [0.2, 0.25) is 0 Å². The van der Waals surface area contributed by atoms with Gasteiger partial charge in [-0.25, -0.2) is 4.39 Å². The van der Waals surface area contributed by atoms with E-state index in [1.165, 1.54) is 61.5 Å². The molecule has 1 heterocycles. The summed E-state index contributed by atoms with van der Waals surface area (Å²) < 4.78 is 30.3. The van der Waals surface area contributed by atoms with Gasteiger partial charge in [-0.15, -0.1) is 0 Å². The van der Waals surface area contributed by atoms with Crippen molar-refractivity contribution in [2.24, 2.45) is 0 Å². The number of benzene rings is 4. The number of methoxy groups -OCH3 is 3. The topological polar surface area (TPSA) is 85.4 Å². The Hall–Kier alpha value is -4.92. The van der Waals surface area contributed by atoms with E-state index in [2.05, 4.69) is 0 Å². The maximum Gasteiger partial charge on any atom is 0.261 e. The maximum atomic E-state index is 14.2. The average Bonchev–Trinajstić information content (AvgIpc) is 2.98. The summed E-state index contributed by atoms with van der Waals surface area (Å²) in [5, 5.41) is 1.47. The van der Waals surface area contributed by atoms with E-state index >= 15 is 0 Å². The third kappa shape index (κ3) is 4.70. The van der Waals surface area contributed by atoms with Crippen molar-refractivity contribution in [3.63, 3.8) is 0 Å². The van der Waals surface area contributed by atoms with E-state index in [4.69, 9.17) is 14.2 Å². The van der Waals surface area contributed by atoms with E-state index < -0.39 is 11.7 Å². The summed E-state index contributed by atoms with van der Waals surface area (Å²) in [4.78, 5) is 43.0. The van der Waals surface area contributed by atoms with E-state index in [9.17, 15) is 18.8 Å². The van der Waals surface area contributed by atoms with Crippen molar-refractivity contribution < 1.29 is 33.0 Å². The molecule has 204 valence electrons. The largest absolute Gasteiger partial charge is 0.493 e. The zero-order chi connectivity index (χ0) is 28.4. The molecule has 8 nitrogen and oxygen atoms in total. The predicted octanol–water partition coefficient (Wildman–Crippen LogP) is 5.34. The summed E-state index contributed by atoms with van der Waals surface area (Å²) in [5.74, 6) is -0.813. The number of halogens is 1. The summed E-state index contributed by atoms with van der Waals surface area (Å²) in [6.45, 7) is 0.165. The monoisotopic (exact) mass is 542 g/mol. The van der Waals surface area contributed by atoms with Crippen LogP contribution >= 0.6 is 0 Å². The average molecular weight is 543 g/mol. The second-order valence-corrected chi connectivity index (χ2v) is 9.18. The Morgan fingerprint density at radius 3 is 1.98 bits per heavy atom. The maximum absolute atomic E-state index is 14.2. The molecule has 0 atom stereocenters. The molecular weight excluding hydrogens is 515 g/mol. The number of carbonyl (C=O) groups excluding carboxylic acids is 3. The Balaban J connectivity index is 1.43. The van der Waals surface area contributed by atoms with Gasteiger partial charge in [0.05, 0.1) is 21.3 Å². The number of ether oxygens (including phenoxy) is 3. The molecule has 9 heteroatoms. The molecule has 0 saturated heterocycles. The van der Waals surface area contributed by atoms with Crippen LogP contribution < -0.4 is 19.1 Å². The van der Waals surface area contributed by atoms with Gasteiger partial charge >= 0.3 is 0 Å². The van der Waals surface area contributed by atoms with E-state index in [0.717, 1.165) is 5.39 Å². The number of hydrogen-bond donors (Lipinski definition) is 0. The summed E-state index contributed by atoms with van der Waals surface area (Å²) in [7, 11) is 4.35. The molecule has 40 heavy (non-hydrogen) atoms. The van der Waals surface area contributed by atoms with Gasteiger partial charge in [0.25, 0.3) is 17.7 Å². The molecule has 1 aliphatic heterocycles. The highest BCUT2D eigenvalue weighted by molar-refractivity contribution is 6.25. The fraction of sp³-hybridized carbons (Fsp3) is 0.194. The van der Waals surface area contributed by atoms with Gasteiger partial charge in [-0.1, -0.05) is 30.3 Å². The van der Waals surface area contributed by atoms with Gasteiger partial charge in [-0.05, 0) is 54.3 Å². The first-order chi connectivity index (χ1) is 19.4. The molecule has 0 fully saturated rings. The highest BCUT2D eigenvalue weighted by Crippen LogP contribution is 2.39. The summed E-state index contributed by atoms with van der Waals surface area (Å²) in [5.41, 5.74) is 1.47. The molecule has 1 aliphatic rings. The Bertz CT molecular complexity index is 1560. The number of nitrogens with zero attached hydrogens (tertiary/aromatic N) is 2. The minimum absolute atomic E-state index is 0.0662. The highest BCUT2D eigenvalue weighted by atomic mass is 19.1. The molecule has 4 aromatic rings. The van der Waals surface area contributed by atoms with Crippen molar-refractivity contribution in [2.45, 2.75) is 6.42 Å². The number of rotatable bonds is 9. The van der Waals surface area contributed by atoms with Crippen molar-refractivity contribution in [2.75, 3.05) is 39.3 Å². The Morgan fingerprint density at radius 1 is 0.825 bits per heavy atom. The van der Waals surface area contributed by atoms with Crippen LogP contribution in [0.3, 0.4) is 0 Å². The van der Waals surface area contributed by atoms with Crippen LogP contribution in [-0.4, -0.2) is 57.0 Å².